The number of hydrogen-bond acceptors (Lipinski definition) is 10. The number of nitrogens with one attached hydrogen (secondary N) is 2. The second-order valence-corrected chi connectivity index (χ2v) is 12.1. The third-order valence-corrected chi connectivity index (χ3v) is 8.94. The summed E-state index contributed by atoms with van der Waals surface area (Å²) in [6.45, 7) is 2.07. The zero-order valence-electron chi connectivity index (χ0n) is 24.9. The van der Waals surface area contributed by atoms with Gasteiger partial charge in [0, 0.05) is 17.2 Å². The number of ether oxygens (including phenoxy) is 3. The fraction of sp³-hybridized carbons (Fsp3) is 0.303. The molecule has 3 heterocycles. The number of aliphatic hydroxyl groups excluding tert-OH is 1. The summed E-state index contributed by atoms with van der Waals surface area (Å²) in [4.78, 5) is 43.6. The number of amides is 3. The van der Waals surface area contributed by atoms with Crippen molar-refractivity contribution in [2.75, 3.05) is 10.7 Å². The van der Waals surface area contributed by atoms with Crippen molar-refractivity contribution < 1.29 is 33.7 Å². The molecule has 0 bridgehead atoms. The molecule has 5 atom stereocenters. The van der Waals surface area contributed by atoms with E-state index in [-0.39, 0.29) is 37.8 Å². The minimum Gasteiger partial charge on any atom is -0.445 e. The lowest BCUT2D eigenvalue weighted by molar-refractivity contribution is -0.268. The molecule has 13 heteroatoms. The number of aromatic nitrogens is 3. The predicted octanol–water partition coefficient (Wildman–Crippen LogP) is 4.44. The first-order valence-electron chi connectivity index (χ1n) is 14.8. The number of hydrogen-bond donors (Lipinski definition) is 3. The molecule has 12 nitrogen and oxygen atoms in total. The van der Waals surface area contributed by atoms with Crippen LogP contribution in [0.25, 0.3) is 0 Å². The molecular formula is C33H33N5O7S. The van der Waals surface area contributed by atoms with Crippen molar-refractivity contribution in [3.8, 4) is 0 Å². The number of anilines is 1. The van der Waals surface area contributed by atoms with E-state index < -0.39 is 30.2 Å². The number of nitrogens with zero attached hydrogens (tertiary/aromatic N) is 3. The average Bonchev–Trinajstić information content (AvgIpc) is 3.71. The zero-order chi connectivity index (χ0) is 32.0. The topological polar surface area (TPSA) is 156 Å². The van der Waals surface area contributed by atoms with Crippen LogP contribution in [0.3, 0.4) is 0 Å². The molecule has 3 amide bonds. The SMILES string of the molecule is C[C@H]1[C@@H](CSc2ncn[nH]2)O[C@@H](c2ccc(N3C(=O)CC(NC(=O)OCc4ccccc4)C3=O)cc2)O[C@H]1c1ccc(CO)cc1. The molecular weight excluding hydrogens is 610 g/mol. The molecule has 6 rings (SSSR count). The zero-order valence-corrected chi connectivity index (χ0v) is 25.8. The van der Waals surface area contributed by atoms with Crippen LogP contribution in [0, 0.1) is 5.92 Å². The summed E-state index contributed by atoms with van der Waals surface area (Å²) in [5.74, 6) is -0.391. The fourth-order valence-corrected chi connectivity index (χ4v) is 6.38. The van der Waals surface area contributed by atoms with E-state index in [1.807, 2.05) is 54.6 Å². The van der Waals surface area contributed by atoms with Crippen LogP contribution in [0.4, 0.5) is 10.5 Å². The van der Waals surface area contributed by atoms with Crippen LogP contribution < -0.4 is 10.2 Å². The molecule has 3 aromatic carbocycles. The highest BCUT2D eigenvalue weighted by atomic mass is 32.2. The first kappa shape index (κ1) is 31.4. The van der Waals surface area contributed by atoms with Gasteiger partial charge in [-0.2, -0.15) is 5.10 Å². The number of thioether (sulfide) groups is 1. The number of carbonyl (C=O) groups is 3. The highest BCUT2D eigenvalue weighted by Gasteiger charge is 2.42. The summed E-state index contributed by atoms with van der Waals surface area (Å²) in [5, 5.41) is 19.5. The van der Waals surface area contributed by atoms with E-state index >= 15 is 0 Å². The van der Waals surface area contributed by atoms with Crippen molar-refractivity contribution in [2.24, 2.45) is 5.92 Å². The molecule has 3 N–H and O–H groups in total. The van der Waals surface area contributed by atoms with E-state index in [2.05, 4.69) is 27.4 Å². The molecule has 0 spiro atoms. The van der Waals surface area contributed by atoms with Crippen LogP contribution >= 0.6 is 11.8 Å². The van der Waals surface area contributed by atoms with E-state index in [1.54, 1.807) is 24.3 Å². The summed E-state index contributed by atoms with van der Waals surface area (Å²) >= 11 is 1.50. The van der Waals surface area contributed by atoms with Gasteiger partial charge in [-0.1, -0.05) is 85.4 Å². The number of carbonyl (C=O) groups excluding carboxylic acids is 3. The molecule has 0 aliphatic carbocycles. The van der Waals surface area contributed by atoms with Crippen molar-refractivity contribution in [2.45, 2.75) is 56.3 Å². The molecule has 0 radical (unpaired) electrons. The minimum atomic E-state index is -1.03. The predicted molar refractivity (Wildman–Crippen MR) is 167 cm³/mol. The molecule has 0 saturated carbocycles. The maximum atomic E-state index is 13.2. The Kier molecular flexibility index (Phi) is 9.73. The second kappa shape index (κ2) is 14.3. The number of imide groups is 1. The molecule has 238 valence electrons. The van der Waals surface area contributed by atoms with Crippen LogP contribution in [0.15, 0.2) is 90.3 Å². The highest BCUT2D eigenvalue weighted by molar-refractivity contribution is 7.99. The molecule has 1 aromatic heterocycles. The Hall–Kier alpha value is -4.56. The van der Waals surface area contributed by atoms with Gasteiger partial charge >= 0.3 is 6.09 Å². The molecule has 46 heavy (non-hydrogen) atoms. The van der Waals surface area contributed by atoms with E-state index in [4.69, 9.17) is 14.2 Å². The largest absolute Gasteiger partial charge is 0.445 e. The number of aliphatic hydroxyl groups is 1. The second-order valence-electron chi connectivity index (χ2n) is 11.0. The third kappa shape index (κ3) is 7.12. The number of benzene rings is 3. The number of H-pyrrole nitrogens is 1. The fourth-order valence-electron chi connectivity index (χ4n) is 5.44. The van der Waals surface area contributed by atoms with Crippen LogP contribution in [0.1, 0.15) is 48.0 Å². The quantitative estimate of drug-likeness (QED) is 0.167. The van der Waals surface area contributed by atoms with Gasteiger partial charge in [0.15, 0.2) is 11.4 Å². The van der Waals surface area contributed by atoms with Crippen molar-refractivity contribution in [3.63, 3.8) is 0 Å². The van der Waals surface area contributed by atoms with Gasteiger partial charge < -0.3 is 24.6 Å². The third-order valence-electron chi connectivity index (χ3n) is 7.98. The number of aromatic amines is 1. The van der Waals surface area contributed by atoms with Gasteiger partial charge in [-0.15, -0.1) is 0 Å². The first-order valence-corrected chi connectivity index (χ1v) is 15.8. The first-order chi connectivity index (χ1) is 22.4. The number of alkyl carbamates (subject to hydrolysis) is 1. The Morgan fingerprint density at radius 2 is 1.76 bits per heavy atom. The van der Waals surface area contributed by atoms with Crippen LogP contribution in [0.5, 0.6) is 0 Å². The molecule has 2 fully saturated rings. The number of rotatable bonds is 10. The standard InChI is InChI=1S/C33H33N5O7S/c1-20-27(18-46-32-34-19-35-37-32)44-31(45-29(20)23-9-7-21(16-39)8-10-23)24-11-13-25(14-12-24)38-28(40)15-26(30(38)41)36-33(42)43-17-22-5-3-2-4-6-22/h2-14,19-20,26-27,29,31,39H,15-18H2,1H3,(H,36,42)(H,34,35,37)/t20-,26?,27+,29+,31+/m0/s1. The summed E-state index contributed by atoms with van der Waals surface area (Å²) in [5.41, 5.74) is 3.65. The van der Waals surface area contributed by atoms with Crippen LogP contribution in [0.2, 0.25) is 0 Å². The van der Waals surface area contributed by atoms with Gasteiger partial charge in [-0.3, -0.25) is 14.7 Å². The summed E-state index contributed by atoms with van der Waals surface area (Å²) < 4.78 is 18.2. The van der Waals surface area contributed by atoms with Gasteiger partial charge in [-0.05, 0) is 28.8 Å². The summed E-state index contributed by atoms with van der Waals surface area (Å²) in [6, 6.07) is 22.6. The Morgan fingerprint density at radius 1 is 1.02 bits per heavy atom. The van der Waals surface area contributed by atoms with Crippen LogP contribution in [-0.4, -0.2) is 56.1 Å². The van der Waals surface area contributed by atoms with E-state index in [9.17, 15) is 19.5 Å². The van der Waals surface area contributed by atoms with Gasteiger partial charge in [0.05, 0.1) is 30.9 Å². The van der Waals surface area contributed by atoms with Gasteiger partial charge in [0.1, 0.15) is 19.0 Å². The Balaban J connectivity index is 1.14. The Labute approximate surface area is 269 Å². The van der Waals surface area contributed by atoms with E-state index in [0.717, 1.165) is 21.6 Å². The summed E-state index contributed by atoms with van der Waals surface area (Å²) in [6.07, 6.45) is -0.739. The van der Waals surface area contributed by atoms with Crippen molar-refractivity contribution in [1.82, 2.24) is 20.5 Å². The minimum absolute atomic E-state index is 0.0189. The molecule has 2 saturated heterocycles. The molecule has 2 aliphatic rings. The molecule has 4 aromatic rings. The molecule has 1 unspecified atom stereocenters. The maximum absolute atomic E-state index is 13.2. The van der Waals surface area contributed by atoms with Gasteiger partial charge in [0.2, 0.25) is 5.91 Å². The summed E-state index contributed by atoms with van der Waals surface area (Å²) in [7, 11) is 0. The Morgan fingerprint density at radius 3 is 2.46 bits per heavy atom. The Bertz CT molecular complexity index is 1640. The highest BCUT2D eigenvalue weighted by Crippen LogP contribution is 2.43. The van der Waals surface area contributed by atoms with Crippen molar-refractivity contribution >= 4 is 35.4 Å². The van der Waals surface area contributed by atoms with Gasteiger partial charge in [-0.25, -0.2) is 14.7 Å². The van der Waals surface area contributed by atoms with Crippen molar-refractivity contribution in [1.29, 1.82) is 0 Å². The molecule has 2 aliphatic heterocycles. The van der Waals surface area contributed by atoms with Crippen molar-refractivity contribution in [3.05, 3.63) is 107 Å². The maximum Gasteiger partial charge on any atom is 0.408 e. The smallest absolute Gasteiger partial charge is 0.408 e. The lowest BCUT2D eigenvalue weighted by Gasteiger charge is -2.41. The van der Waals surface area contributed by atoms with E-state index in [1.165, 1.54) is 18.1 Å². The lowest BCUT2D eigenvalue weighted by atomic mass is 9.91. The van der Waals surface area contributed by atoms with E-state index in [0.29, 0.717) is 22.2 Å². The average molecular weight is 644 g/mol. The monoisotopic (exact) mass is 643 g/mol. The normalized spacial score (nSPS) is 23.0. The van der Waals surface area contributed by atoms with Gasteiger partial charge in [0.25, 0.3) is 5.91 Å². The van der Waals surface area contributed by atoms with Crippen LogP contribution in [-0.2, 0) is 37.0 Å². The lowest BCUT2D eigenvalue weighted by Crippen LogP contribution is -2.42.